The van der Waals surface area contributed by atoms with E-state index < -0.39 is 11.1 Å². The maximum Gasteiger partial charge on any atom is 0.288 e. The van der Waals surface area contributed by atoms with E-state index in [1.165, 1.54) is 0 Å². The number of hydrogen-bond donors (Lipinski definition) is 4. The lowest BCUT2D eigenvalue weighted by atomic mass is 10.5. The van der Waals surface area contributed by atoms with Gasteiger partial charge in [0.25, 0.3) is 11.1 Å². The summed E-state index contributed by atoms with van der Waals surface area (Å²) in [6, 6.07) is 0. The summed E-state index contributed by atoms with van der Waals surface area (Å²) in [6.45, 7) is 0. The molecule has 0 aliphatic rings. The largest absolute Gasteiger partial charge is 0.326 e. The van der Waals surface area contributed by atoms with Crippen molar-refractivity contribution in [2.75, 3.05) is 0 Å². The summed E-state index contributed by atoms with van der Waals surface area (Å²) in [6.07, 6.45) is 0. The maximum absolute atomic E-state index is 11.0. The zero-order chi connectivity index (χ0) is 8.72. The van der Waals surface area contributed by atoms with Gasteiger partial charge in [-0.15, -0.1) is 0 Å². The van der Waals surface area contributed by atoms with E-state index in [-0.39, 0.29) is 15.8 Å². The molecule has 0 atom stereocenters. The van der Waals surface area contributed by atoms with E-state index in [1.807, 2.05) is 0 Å². The predicted octanol–water partition coefficient (Wildman–Crippen LogP) is -0.398. The normalized spacial score (nSPS) is 10.7. The van der Waals surface area contributed by atoms with Crippen LogP contribution < -0.4 is 11.1 Å². The van der Waals surface area contributed by atoms with Crippen LogP contribution >= 0.6 is 12.2 Å². The van der Waals surface area contributed by atoms with Gasteiger partial charge in [-0.05, 0) is 12.2 Å². The van der Waals surface area contributed by atoms with Crippen LogP contribution in [0, 0.1) is 4.77 Å². The van der Waals surface area contributed by atoms with Crippen molar-refractivity contribution < 1.29 is 0 Å². The van der Waals surface area contributed by atoms with Gasteiger partial charge in [-0.2, -0.15) is 0 Å². The van der Waals surface area contributed by atoms with E-state index in [0.29, 0.717) is 0 Å². The Morgan fingerprint density at radius 1 is 0.917 bits per heavy atom. The lowest BCUT2D eigenvalue weighted by molar-refractivity contribution is 0.971. The van der Waals surface area contributed by atoms with Crippen molar-refractivity contribution in [1.82, 2.24) is 20.2 Å². The lowest BCUT2D eigenvalue weighted by Gasteiger charge is -1.84. The molecule has 2 heterocycles. The van der Waals surface area contributed by atoms with Crippen molar-refractivity contribution >= 4 is 23.3 Å². The van der Waals surface area contributed by atoms with Crippen LogP contribution in [-0.4, -0.2) is 20.2 Å². The Labute approximate surface area is 69.6 Å². The van der Waals surface area contributed by atoms with Crippen molar-refractivity contribution in [2.24, 2.45) is 0 Å². The van der Waals surface area contributed by atoms with Gasteiger partial charge in [0.15, 0.2) is 4.77 Å². The van der Waals surface area contributed by atoms with Crippen molar-refractivity contribution in [3.63, 3.8) is 0 Å². The minimum Gasteiger partial charge on any atom is -0.326 e. The molecule has 2 aromatic heterocycles. The lowest BCUT2D eigenvalue weighted by Crippen LogP contribution is -2.18. The van der Waals surface area contributed by atoms with E-state index in [0.717, 1.165) is 0 Å². The molecule has 0 radical (unpaired) electrons. The highest BCUT2D eigenvalue weighted by molar-refractivity contribution is 7.71. The Balaban J connectivity index is 3.25. The summed E-state index contributed by atoms with van der Waals surface area (Å²) in [5.74, 6) is 0. The average molecular weight is 184 g/mol. The molecule has 0 amide bonds. The first-order valence-electron chi connectivity index (χ1n) is 3.11. The fraction of sp³-hybridized carbons (Fsp3) is 0. The molecule has 0 unspecified atom stereocenters. The molecular weight excluding hydrogens is 180 g/mol. The molecule has 6 nitrogen and oxygen atoms in total. The van der Waals surface area contributed by atoms with Crippen LogP contribution in [0.2, 0.25) is 0 Å². The number of fused-ring (bicyclic) bond motifs is 1. The third kappa shape index (κ3) is 0.832. The molecule has 62 valence electrons. The fourth-order valence-electron chi connectivity index (χ4n) is 0.962. The highest BCUT2D eigenvalue weighted by atomic mass is 32.1. The second kappa shape index (κ2) is 2.18. The minimum atomic E-state index is -0.406. The number of aromatic nitrogens is 4. The van der Waals surface area contributed by atoms with Crippen LogP contribution in [0.3, 0.4) is 0 Å². The third-order valence-corrected chi connectivity index (χ3v) is 1.67. The molecule has 0 saturated heterocycles. The maximum atomic E-state index is 11.0. The monoisotopic (exact) mass is 184 g/mol. The summed E-state index contributed by atoms with van der Waals surface area (Å²) in [5, 5.41) is 4.33. The molecule has 4 N–H and O–H groups in total. The molecule has 2 rings (SSSR count). The number of imidazole rings is 1. The van der Waals surface area contributed by atoms with E-state index in [4.69, 9.17) is 12.2 Å². The summed E-state index contributed by atoms with van der Waals surface area (Å²) in [5.41, 5.74) is -0.471. The van der Waals surface area contributed by atoms with Crippen LogP contribution in [0.25, 0.3) is 11.0 Å². The van der Waals surface area contributed by atoms with Gasteiger partial charge in [-0.1, -0.05) is 0 Å². The number of H-pyrrole nitrogens is 4. The topological polar surface area (TPSA) is 97.3 Å². The zero-order valence-electron chi connectivity index (χ0n) is 5.72. The van der Waals surface area contributed by atoms with Gasteiger partial charge in [0, 0.05) is 0 Å². The molecular formula is C5H4N4O2S. The SMILES string of the molecule is O=c1[nH][nH]c(=O)c2[nH]c(=S)[nH]c12. The van der Waals surface area contributed by atoms with Gasteiger partial charge >= 0.3 is 0 Å². The fourth-order valence-corrected chi connectivity index (χ4v) is 1.17. The van der Waals surface area contributed by atoms with Crippen LogP contribution in [-0.2, 0) is 0 Å². The first-order valence-corrected chi connectivity index (χ1v) is 3.52. The summed E-state index contributed by atoms with van der Waals surface area (Å²) in [4.78, 5) is 27.2. The molecule has 0 aliphatic heterocycles. The average Bonchev–Trinajstić information content (AvgIpc) is 2.41. The second-order valence-corrected chi connectivity index (χ2v) is 2.65. The Bertz CT molecular complexity index is 535. The van der Waals surface area contributed by atoms with Gasteiger partial charge in [-0.25, -0.2) is 0 Å². The van der Waals surface area contributed by atoms with Crippen molar-refractivity contribution in [1.29, 1.82) is 0 Å². The van der Waals surface area contributed by atoms with Crippen molar-refractivity contribution in [2.45, 2.75) is 0 Å². The Morgan fingerprint density at radius 2 is 1.33 bits per heavy atom. The van der Waals surface area contributed by atoms with Gasteiger partial charge in [-0.3, -0.25) is 19.8 Å². The van der Waals surface area contributed by atoms with Gasteiger partial charge < -0.3 is 9.97 Å². The summed E-state index contributed by atoms with van der Waals surface area (Å²) in [7, 11) is 0. The quantitative estimate of drug-likeness (QED) is 0.419. The molecule has 7 heteroatoms. The first-order chi connectivity index (χ1) is 5.68. The summed E-state index contributed by atoms with van der Waals surface area (Å²) >= 11 is 4.72. The van der Waals surface area contributed by atoms with E-state index in [9.17, 15) is 9.59 Å². The second-order valence-electron chi connectivity index (χ2n) is 2.24. The predicted molar refractivity (Wildman–Crippen MR) is 44.7 cm³/mol. The third-order valence-electron chi connectivity index (χ3n) is 1.47. The van der Waals surface area contributed by atoms with E-state index in [2.05, 4.69) is 20.2 Å². The van der Waals surface area contributed by atoms with Crippen LogP contribution in [0.5, 0.6) is 0 Å². The van der Waals surface area contributed by atoms with E-state index >= 15 is 0 Å². The Kier molecular flexibility index (Phi) is 1.28. The Morgan fingerprint density at radius 3 is 1.75 bits per heavy atom. The number of nitrogens with one attached hydrogen (secondary N) is 4. The van der Waals surface area contributed by atoms with Gasteiger partial charge in [0.2, 0.25) is 0 Å². The van der Waals surface area contributed by atoms with Crippen molar-refractivity contribution in [3.8, 4) is 0 Å². The molecule has 12 heavy (non-hydrogen) atoms. The number of rotatable bonds is 0. The molecule has 0 bridgehead atoms. The molecule has 0 fully saturated rings. The zero-order valence-corrected chi connectivity index (χ0v) is 6.54. The smallest absolute Gasteiger partial charge is 0.288 e. The molecule has 0 aromatic carbocycles. The Hall–Kier alpha value is -1.63. The number of aromatic amines is 4. The van der Waals surface area contributed by atoms with Gasteiger partial charge in [0.1, 0.15) is 11.0 Å². The molecule has 0 spiro atoms. The molecule has 0 saturated carbocycles. The van der Waals surface area contributed by atoms with Crippen molar-refractivity contribution in [3.05, 3.63) is 25.5 Å². The summed E-state index contributed by atoms with van der Waals surface area (Å²) < 4.78 is 0.257. The standard InChI is InChI=1S/C5H4N4O2S/c10-3-1-2(4(11)9-8-3)7-5(12)6-1/h(H,8,10)(H,9,11)(H2,6,7,12). The first kappa shape index (κ1) is 7.04. The highest BCUT2D eigenvalue weighted by Gasteiger charge is 2.03. The van der Waals surface area contributed by atoms with E-state index in [1.54, 1.807) is 0 Å². The minimum absolute atomic E-state index is 0.170. The molecule has 0 aliphatic carbocycles. The molecule has 2 aromatic rings. The van der Waals surface area contributed by atoms with Crippen LogP contribution in [0.1, 0.15) is 0 Å². The van der Waals surface area contributed by atoms with Gasteiger partial charge in [0.05, 0.1) is 0 Å². The highest BCUT2D eigenvalue weighted by Crippen LogP contribution is 1.94. The van der Waals surface area contributed by atoms with Crippen LogP contribution in [0.4, 0.5) is 0 Å². The number of hydrogen-bond acceptors (Lipinski definition) is 3. The van der Waals surface area contributed by atoms with Crippen LogP contribution in [0.15, 0.2) is 9.59 Å².